The van der Waals surface area contributed by atoms with Gasteiger partial charge in [0.1, 0.15) is 12.6 Å². The maximum atomic E-state index is 12.9. The fraction of sp³-hybridized carbons (Fsp3) is 0.556. The molecule has 1 N–H and O–H groups in total. The molecule has 3 rings (SSSR count). The van der Waals surface area contributed by atoms with Crippen LogP contribution < -0.4 is 5.32 Å². The zero-order chi connectivity index (χ0) is 16.9. The molecule has 0 saturated carbocycles. The van der Waals surface area contributed by atoms with Crippen molar-refractivity contribution in [3.63, 3.8) is 0 Å². The number of halogens is 1. The summed E-state index contributed by atoms with van der Waals surface area (Å²) in [6.07, 6.45) is 1.89. The highest BCUT2D eigenvalue weighted by atomic mass is 35.5. The van der Waals surface area contributed by atoms with Crippen LogP contribution in [-0.2, 0) is 20.9 Å². The van der Waals surface area contributed by atoms with E-state index in [0.717, 1.165) is 31.5 Å². The second-order valence-electron chi connectivity index (χ2n) is 6.43. The Balaban J connectivity index is 0.00000225. The Kier molecular flexibility index (Phi) is 7.23. The van der Waals surface area contributed by atoms with Crippen molar-refractivity contribution in [2.75, 3.05) is 33.4 Å². The number of carbonyl (C=O) groups is 2. The van der Waals surface area contributed by atoms with Crippen LogP contribution in [0.2, 0.25) is 0 Å². The van der Waals surface area contributed by atoms with Crippen LogP contribution in [0.4, 0.5) is 0 Å². The molecule has 1 aromatic carbocycles. The fourth-order valence-electron chi connectivity index (χ4n) is 3.39. The van der Waals surface area contributed by atoms with E-state index in [-0.39, 0.29) is 37.4 Å². The van der Waals surface area contributed by atoms with E-state index in [1.807, 2.05) is 42.3 Å². The Hall–Kier alpha value is -1.63. The van der Waals surface area contributed by atoms with Crippen LogP contribution in [0.1, 0.15) is 18.4 Å². The second kappa shape index (κ2) is 9.17. The molecule has 0 spiro atoms. The Morgan fingerprint density at radius 2 is 1.92 bits per heavy atom. The number of ether oxygens (including phenoxy) is 1. The van der Waals surface area contributed by atoms with E-state index < -0.39 is 6.04 Å². The summed E-state index contributed by atoms with van der Waals surface area (Å²) in [7, 11) is 1.96. The summed E-state index contributed by atoms with van der Waals surface area (Å²) in [5.41, 5.74) is 1.03. The Labute approximate surface area is 154 Å². The number of piperidine rings is 1. The van der Waals surface area contributed by atoms with Crippen molar-refractivity contribution < 1.29 is 14.3 Å². The molecule has 138 valence electrons. The fourth-order valence-corrected chi connectivity index (χ4v) is 3.39. The maximum absolute atomic E-state index is 12.9. The number of hydrogen-bond donors (Lipinski definition) is 1. The van der Waals surface area contributed by atoms with E-state index in [1.165, 1.54) is 0 Å². The van der Waals surface area contributed by atoms with Gasteiger partial charge in [-0.05, 0) is 25.5 Å². The third-order valence-corrected chi connectivity index (χ3v) is 4.89. The minimum Gasteiger partial charge on any atom is -0.369 e. The van der Waals surface area contributed by atoms with Gasteiger partial charge in [0, 0.05) is 25.7 Å². The molecule has 2 aliphatic heterocycles. The smallest absolute Gasteiger partial charge is 0.249 e. The summed E-state index contributed by atoms with van der Waals surface area (Å²) >= 11 is 0. The molecular formula is C18H26ClN3O3. The molecule has 0 aromatic heterocycles. The van der Waals surface area contributed by atoms with Gasteiger partial charge in [-0.15, -0.1) is 12.4 Å². The summed E-state index contributed by atoms with van der Waals surface area (Å²) in [5.74, 6) is -0.109. The molecule has 0 aliphatic carbocycles. The Bertz CT molecular complexity index is 576. The van der Waals surface area contributed by atoms with E-state index in [4.69, 9.17) is 4.74 Å². The van der Waals surface area contributed by atoms with E-state index >= 15 is 0 Å². The van der Waals surface area contributed by atoms with Crippen LogP contribution >= 0.6 is 12.4 Å². The average Bonchev–Trinajstić information content (AvgIpc) is 2.64. The van der Waals surface area contributed by atoms with Gasteiger partial charge in [0.25, 0.3) is 0 Å². The van der Waals surface area contributed by atoms with Crippen LogP contribution in [0.3, 0.4) is 0 Å². The number of hydrogen-bond acceptors (Lipinski definition) is 4. The minimum absolute atomic E-state index is 0. The minimum atomic E-state index is -0.516. The van der Waals surface area contributed by atoms with Crippen molar-refractivity contribution in [3.05, 3.63) is 35.9 Å². The third kappa shape index (κ3) is 4.71. The molecule has 2 saturated heterocycles. The zero-order valence-electron chi connectivity index (χ0n) is 14.5. The number of rotatable bonds is 4. The highest BCUT2D eigenvalue weighted by Gasteiger charge is 2.37. The lowest BCUT2D eigenvalue weighted by Gasteiger charge is -2.39. The monoisotopic (exact) mass is 367 g/mol. The van der Waals surface area contributed by atoms with E-state index in [0.29, 0.717) is 12.6 Å². The molecule has 0 unspecified atom stereocenters. The van der Waals surface area contributed by atoms with Gasteiger partial charge in [0.2, 0.25) is 11.8 Å². The Morgan fingerprint density at radius 1 is 1.24 bits per heavy atom. The van der Waals surface area contributed by atoms with Crippen molar-refractivity contribution in [2.24, 2.45) is 0 Å². The summed E-state index contributed by atoms with van der Waals surface area (Å²) in [6, 6.07) is 9.74. The van der Waals surface area contributed by atoms with Gasteiger partial charge < -0.3 is 19.9 Å². The van der Waals surface area contributed by atoms with Gasteiger partial charge in [-0.3, -0.25) is 9.59 Å². The molecule has 2 aliphatic rings. The highest BCUT2D eigenvalue weighted by Crippen LogP contribution is 2.18. The highest BCUT2D eigenvalue weighted by molar-refractivity contribution is 5.89. The zero-order valence-corrected chi connectivity index (χ0v) is 15.3. The first-order valence-corrected chi connectivity index (χ1v) is 8.56. The quantitative estimate of drug-likeness (QED) is 0.864. The normalized spacial score (nSPS) is 21.8. The van der Waals surface area contributed by atoms with E-state index in [9.17, 15) is 9.59 Å². The molecule has 2 heterocycles. The van der Waals surface area contributed by atoms with Gasteiger partial charge in [0.15, 0.2) is 0 Å². The molecule has 1 aromatic rings. The van der Waals surface area contributed by atoms with Crippen LogP contribution in [0.15, 0.2) is 30.3 Å². The third-order valence-electron chi connectivity index (χ3n) is 4.89. The van der Waals surface area contributed by atoms with Gasteiger partial charge in [-0.2, -0.15) is 0 Å². The SMILES string of the molecule is CNC1CCN(C(=O)[C@H]2COCC(=O)N2Cc2ccccc2)CC1.Cl. The Morgan fingerprint density at radius 3 is 2.56 bits per heavy atom. The summed E-state index contributed by atoms with van der Waals surface area (Å²) in [6.45, 7) is 2.25. The first kappa shape index (κ1) is 19.7. The van der Waals surface area contributed by atoms with Gasteiger partial charge in [-0.1, -0.05) is 30.3 Å². The predicted molar refractivity (Wildman–Crippen MR) is 97.5 cm³/mol. The molecule has 6 nitrogen and oxygen atoms in total. The van der Waals surface area contributed by atoms with Gasteiger partial charge in [0.05, 0.1) is 6.61 Å². The average molecular weight is 368 g/mol. The van der Waals surface area contributed by atoms with E-state index in [2.05, 4.69) is 5.32 Å². The van der Waals surface area contributed by atoms with Crippen molar-refractivity contribution >= 4 is 24.2 Å². The lowest BCUT2D eigenvalue weighted by atomic mass is 10.0. The van der Waals surface area contributed by atoms with Crippen molar-refractivity contribution in [1.29, 1.82) is 0 Å². The van der Waals surface area contributed by atoms with Crippen molar-refractivity contribution in [3.8, 4) is 0 Å². The molecule has 2 fully saturated rings. The first-order valence-electron chi connectivity index (χ1n) is 8.56. The maximum Gasteiger partial charge on any atom is 0.249 e. The van der Waals surface area contributed by atoms with Gasteiger partial charge >= 0.3 is 0 Å². The topological polar surface area (TPSA) is 61.9 Å². The number of morpholine rings is 1. The summed E-state index contributed by atoms with van der Waals surface area (Å²) in [5, 5.41) is 3.26. The standard InChI is InChI=1S/C18H25N3O3.ClH/c1-19-15-7-9-20(10-8-15)18(23)16-12-24-13-17(22)21(16)11-14-5-3-2-4-6-14;/h2-6,15-16,19H,7-13H2,1H3;1H/t16-;/m1./s1. The summed E-state index contributed by atoms with van der Waals surface area (Å²) < 4.78 is 5.37. The number of nitrogens with zero attached hydrogens (tertiary/aromatic N) is 2. The summed E-state index contributed by atoms with van der Waals surface area (Å²) in [4.78, 5) is 28.8. The van der Waals surface area contributed by atoms with Crippen LogP contribution in [0, 0.1) is 0 Å². The largest absolute Gasteiger partial charge is 0.369 e. The molecule has 2 amide bonds. The van der Waals surface area contributed by atoms with E-state index in [1.54, 1.807) is 4.90 Å². The molecule has 1 atom stereocenters. The number of benzene rings is 1. The number of carbonyl (C=O) groups excluding carboxylic acids is 2. The molecule has 7 heteroatoms. The van der Waals surface area contributed by atoms with Crippen LogP contribution in [-0.4, -0.2) is 67.0 Å². The predicted octanol–water partition coefficient (Wildman–Crippen LogP) is 1.05. The van der Waals surface area contributed by atoms with Crippen LogP contribution in [0.25, 0.3) is 0 Å². The second-order valence-corrected chi connectivity index (χ2v) is 6.43. The molecular weight excluding hydrogens is 342 g/mol. The van der Waals surface area contributed by atoms with Crippen molar-refractivity contribution in [1.82, 2.24) is 15.1 Å². The molecule has 25 heavy (non-hydrogen) atoms. The first-order chi connectivity index (χ1) is 11.7. The molecule has 0 radical (unpaired) electrons. The lowest BCUT2D eigenvalue weighted by Crippen LogP contribution is -2.58. The van der Waals surface area contributed by atoms with Crippen molar-refractivity contribution in [2.45, 2.75) is 31.5 Å². The lowest BCUT2D eigenvalue weighted by molar-refractivity contribution is -0.160. The van der Waals surface area contributed by atoms with Crippen LogP contribution in [0.5, 0.6) is 0 Å². The molecule has 0 bridgehead atoms. The number of amides is 2. The van der Waals surface area contributed by atoms with Gasteiger partial charge in [-0.25, -0.2) is 0 Å². The number of likely N-dealkylation sites (tertiary alicyclic amines) is 1. The number of nitrogens with one attached hydrogen (secondary N) is 1.